The lowest BCUT2D eigenvalue weighted by atomic mass is 10.0. The van der Waals surface area contributed by atoms with E-state index < -0.39 is 28.5 Å². The second-order valence-corrected chi connectivity index (χ2v) is 14.8. The number of anilines is 1. The average molecular weight is 723 g/mol. The Morgan fingerprint density at radius 3 is 2.16 bits per heavy atom. The van der Waals surface area contributed by atoms with Crippen LogP contribution in [-0.4, -0.2) is 50.4 Å². The highest BCUT2D eigenvalue weighted by Crippen LogP contribution is 2.34. The maximum Gasteiger partial charge on any atom is 0.264 e. The van der Waals surface area contributed by atoms with Gasteiger partial charge in [-0.3, -0.25) is 13.9 Å². The Morgan fingerprint density at radius 2 is 1.51 bits per heavy atom. The number of sulfonamides is 1. The first-order chi connectivity index (χ1) is 23.6. The fourth-order valence-corrected chi connectivity index (χ4v) is 8.01. The molecule has 8 nitrogen and oxygen atoms in total. The zero-order valence-corrected chi connectivity index (χ0v) is 30.0. The number of rotatable bonds is 14. The summed E-state index contributed by atoms with van der Waals surface area (Å²) in [5.41, 5.74) is 2.37. The highest BCUT2D eigenvalue weighted by molar-refractivity contribution is 7.92. The quantitative estimate of drug-likeness (QED) is 0.145. The van der Waals surface area contributed by atoms with Gasteiger partial charge in [0.15, 0.2) is 0 Å². The normalized spacial score (nSPS) is 13.9. The lowest BCUT2D eigenvalue weighted by molar-refractivity contribution is -0.140. The summed E-state index contributed by atoms with van der Waals surface area (Å²) in [4.78, 5) is 30.5. The summed E-state index contributed by atoms with van der Waals surface area (Å²) in [6, 6.07) is 26.6. The molecule has 4 aromatic rings. The molecule has 0 heterocycles. The molecule has 0 bridgehead atoms. The van der Waals surface area contributed by atoms with Gasteiger partial charge < -0.3 is 15.0 Å². The van der Waals surface area contributed by atoms with Crippen LogP contribution in [0.1, 0.15) is 49.3 Å². The van der Waals surface area contributed by atoms with E-state index in [1.165, 1.54) is 17.0 Å². The summed E-state index contributed by atoms with van der Waals surface area (Å²) in [6.45, 7) is 3.19. The standard InChI is InChI=1S/C38H41Cl2N3O5S/c1-3-48-36-19-10-9-18-34(36)43(49(46,47)30-22-20-27(2)21-23-30)26-37(44)42(25-31-32(39)16-11-17-33(31)40)35(24-28-12-5-4-6-13-28)38(45)41-29-14-7-8-15-29/h4-6,9-13,16-23,29,35H,3,7-8,14-15,24-26H2,1-2H3,(H,41,45). The number of benzene rings is 4. The van der Waals surface area contributed by atoms with Crippen molar-refractivity contribution in [3.8, 4) is 5.75 Å². The molecule has 11 heteroatoms. The maximum atomic E-state index is 14.8. The Morgan fingerprint density at radius 1 is 0.878 bits per heavy atom. The van der Waals surface area contributed by atoms with E-state index in [1.54, 1.807) is 61.5 Å². The van der Waals surface area contributed by atoms with Crippen LogP contribution in [0.3, 0.4) is 0 Å². The lowest BCUT2D eigenvalue weighted by Crippen LogP contribution is -2.54. The van der Waals surface area contributed by atoms with E-state index >= 15 is 0 Å². The van der Waals surface area contributed by atoms with E-state index in [-0.39, 0.29) is 42.1 Å². The first-order valence-electron chi connectivity index (χ1n) is 16.5. The van der Waals surface area contributed by atoms with Gasteiger partial charge >= 0.3 is 0 Å². The van der Waals surface area contributed by atoms with Crippen LogP contribution >= 0.6 is 23.2 Å². The number of ether oxygens (including phenoxy) is 1. The Kier molecular flexibility index (Phi) is 12.3. The van der Waals surface area contributed by atoms with Gasteiger partial charge in [-0.05, 0) is 68.7 Å². The minimum absolute atomic E-state index is 0.0110. The Labute approximate surface area is 299 Å². The fraction of sp³-hybridized carbons (Fsp3) is 0.316. The van der Waals surface area contributed by atoms with E-state index in [4.69, 9.17) is 27.9 Å². The molecular formula is C38H41Cl2N3O5S. The number of aryl methyl sites for hydroxylation is 1. The van der Waals surface area contributed by atoms with Crippen molar-refractivity contribution in [2.45, 2.75) is 69.5 Å². The second kappa shape index (κ2) is 16.6. The summed E-state index contributed by atoms with van der Waals surface area (Å²) in [6.07, 6.45) is 3.91. The molecule has 0 saturated heterocycles. The van der Waals surface area contributed by atoms with Crippen molar-refractivity contribution < 1.29 is 22.7 Å². The predicted molar refractivity (Wildman–Crippen MR) is 195 cm³/mol. The first kappa shape index (κ1) is 36.2. The van der Waals surface area contributed by atoms with Crippen LogP contribution in [0.5, 0.6) is 5.75 Å². The van der Waals surface area contributed by atoms with Crippen molar-refractivity contribution in [1.29, 1.82) is 0 Å². The van der Waals surface area contributed by atoms with Gasteiger partial charge in [-0.25, -0.2) is 8.42 Å². The Hall–Kier alpha value is -4.05. The molecule has 1 aliphatic carbocycles. The number of carbonyl (C=O) groups is 2. The van der Waals surface area contributed by atoms with Crippen LogP contribution in [0.15, 0.2) is 102 Å². The minimum atomic E-state index is -4.30. The van der Waals surface area contributed by atoms with Gasteiger partial charge in [0.2, 0.25) is 11.8 Å². The van der Waals surface area contributed by atoms with Crippen LogP contribution < -0.4 is 14.4 Å². The molecule has 0 aromatic heterocycles. The van der Waals surface area contributed by atoms with Crippen molar-refractivity contribution >= 4 is 50.7 Å². The van der Waals surface area contributed by atoms with Crippen LogP contribution in [0, 0.1) is 6.92 Å². The average Bonchev–Trinajstić information content (AvgIpc) is 3.60. The van der Waals surface area contributed by atoms with Crippen LogP contribution in [0.4, 0.5) is 5.69 Å². The lowest BCUT2D eigenvalue weighted by Gasteiger charge is -2.35. The molecular weight excluding hydrogens is 681 g/mol. The zero-order valence-electron chi connectivity index (χ0n) is 27.6. The summed E-state index contributed by atoms with van der Waals surface area (Å²) in [5.74, 6) is -0.635. The number of nitrogens with one attached hydrogen (secondary N) is 1. The molecule has 1 unspecified atom stereocenters. The highest BCUT2D eigenvalue weighted by atomic mass is 35.5. The summed E-state index contributed by atoms with van der Waals surface area (Å²) in [5, 5.41) is 3.82. The van der Waals surface area contributed by atoms with Crippen molar-refractivity contribution in [3.63, 3.8) is 0 Å². The summed E-state index contributed by atoms with van der Waals surface area (Å²) < 4.78 is 35.8. The van der Waals surface area contributed by atoms with E-state index in [2.05, 4.69) is 5.32 Å². The smallest absolute Gasteiger partial charge is 0.264 e. The first-order valence-corrected chi connectivity index (χ1v) is 18.7. The second-order valence-electron chi connectivity index (χ2n) is 12.1. The van der Waals surface area contributed by atoms with E-state index in [0.717, 1.165) is 41.1 Å². The molecule has 1 N–H and O–H groups in total. The third-order valence-corrected chi connectivity index (χ3v) is 11.2. The number of amides is 2. The predicted octanol–water partition coefficient (Wildman–Crippen LogP) is 7.59. The van der Waals surface area contributed by atoms with E-state index in [9.17, 15) is 18.0 Å². The molecule has 0 aliphatic heterocycles. The van der Waals surface area contributed by atoms with Gasteiger partial charge in [-0.2, -0.15) is 0 Å². The van der Waals surface area contributed by atoms with Crippen LogP contribution in [0.2, 0.25) is 10.0 Å². The van der Waals surface area contributed by atoms with Crippen molar-refractivity contribution in [1.82, 2.24) is 10.2 Å². The molecule has 5 rings (SSSR count). The largest absolute Gasteiger partial charge is 0.492 e. The number of hydrogen-bond acceptors (Lipinski definition) is 5. The number of nitrogens with zero attached hydrogens (tertiary/aromatic N) is 2. The number of hydrogen-bond donors (Lipinski definition) is 1. The molecule has 1 saturated carbocycles. The molecule has 49 heavy (non-hydrogen) atoms. The van der Waals surface area contributed by atoms with Gasteiger partial charge in [-0.1, -0.05) is 102 Å². The molecule has 0 radical (unpaired) electrons. The summed E-state index contributed by atoms with van der Waals surface area (Å²) in [7, 11) is -4.30. The van der Waals surface area contributed by atoms with Gasteiger partial charge in [0, 0.05) is 34.6 Å². The number of carbonyl (C=O) groups excluding carboxylic acids is 2. The van der Waals surface area contributed by atoms with Crippen molar-refractivity contribution in [2.24, 2.45) is 0 Å². The SMILES string of the molecule is CCOc1ccccc1N(CC(=O)N(Cc1c(Cl)cccc1Cl)C(Cc1ccccc1)C(=O)NC1CCCC1)S(=O)(=O)c1ccc(C)cc1. The minimum Gasteiger partial charge on any atom is -0.492 e. The maximum absolute atomic E-state index is 14.8. The third-order valence-electron chi connectivity index (χ3n) is 8.68. The van der Waals surface area contributed by atoms with E-state index in [0.29, 0.717) is 21.4 Å². The van der Waals surface area contributed by atoms with Gasteiger partial charge in [0.1, 0.15) is 18.3 Å². The summed E-state index contributed by atoms with van der Waals surface area (Å²) >= 11 is 13.3. The molecule has 258 valence electrons. The molecule has 0 spiro atoms. The van der Waals surface area contributed by atoms with Gasteiger partial charge in [0.25, 0.3) is 10.0 Å². The Balaban J connectivity index is 1.62. The zero-order chi connectivity index (χ0) is 35.0. The monoisotopic (exact) mass is 721 g/mol. The van der Waals surface area contributed by atoms with Crippen molar-refractivity contribution in [3.05, 3.63) is 124 Å². The van der Waals surface area contributed by atoms with E-state index in [1.807, 2.05) is 37.3 Å². The van der Waals surface area contributed by atoms with Crippen LogP contribution in [-0.2, 0) is 32.6 Å². The highest BCUT2D eigenvalue weighted by Gasteiger charge is 2.37. The molecule has 4 aromatic carbocycles. The topological polar surface area (TPSA) is 96.0 Å². The van der Waals surface area contributed by atoms with Crippen LogP contribution in [0.25, 0.3) is 0 Å². The number of para-hydroxylation sites is 2. The molecule has 2 amide bonds. The Bertz CT molecular complexity index is 1830. The fourth-order valence-electron chi connectivity index (χ4n) is 6.07. The van der Waals surface area contributed by atoms with Gasteiger partial charge in [0.05, 0.1) is 17.2 Å². The molecule has 1 atom stereocenters. The van der Waals surface area contributed by atoms with Gasteiger partial charge in [-0.15, -0.1) is 0 Å². The third kappa shape index (κ3) is 8.95. The molecule has 1 aliphatic rings. The van der Waals surface area contributed by atoms with Crippen molar-refractivity contribution in [2.75, 3.05) is 17.5 Å². The number of halogens is 2. The molecule has 1 fully saturated rings.